The molecule has 2 heterocycles. The van der Waals surface area contributed by atoms with Gasteiger partial charge in [-0.2, -0.15) is 0 Å². The average molecular weight is 718 g/mol. The zero-order valence-electron chi connectivity index (χ0n) is 30.0. The first-order valence-electron chi connectivity index (χ1n) is 17.9. The predicted octanol–water partition coefficient (Wildman–Crippen LogP) is 5.45. The molecule has 1 amide bonds. The first kappa shape index (κ1) is 39.9. The maximum absolute atomic E-state index is 12.9. The third-order valence-electron chi connectivity index (χ3n) is 8.10. The van der Waals surface area contributed by atoms with E-state index < -0.39 is 5.97 Å². The smallest absolute Gasteiger partial charge is 0.303 e. The number of benzene rings is 2. The van der Waals surface area contributed by atoms with Gasteiger partial charge in [0.15, 0.2) is 11.6 Å². The van der Waals surface area contributed by atoms with Crippen LogP contribution in [0.2, 0.25) is 0 Å². The highest BCUT2D eigenvalue weighted by atomic mass is 16.5. The van der Waals surface area contributed by atoms with Crippen LogP contribution in [0, 0.1) is 0 Å². The molecule has 4 rings (SSSR count). The molecule has 14 nitrogen and oxygen atoms in total. The van der Waals surface area contributed by atoms with E-state index >= 15 is 0 Å². The van der Waals surface area contributed by atoms with Gasteiger partial charge in [0.1, 0.15) is 17.8 Å². The van der Waals surface area contributed by atoms with Crippen molar-refractivity contribution in [3.8, 4) is 17.3 Å². The number of carbonyl (C=O) groups is 2. The molecule has 0 saturated heterocycles. The van der Waals surface area contributed by atoms with Crippen molar-refractivity contribution >= 4 is 17.6 Å². The summed E-state index contributed by atoms with van der Waals surface area (Å²) in [7, 11) is 1.89. The summed E-state index contributed by atoms with van der Waals surface area (Å²) in [6.07, 6.45) is 9.92. The molecule has 0 aliphatic rings. The van der Waals surface area contributed by atoms with E-state index in [-0.39, 0.29) is 12.3 Å². The van der Waals surface area contributed by atoms with Crippen LogP contribution in [0.5, 0.6) is 5.75 Å². The fourth-order valence-corrected chi connectivity index (χ4v) is 5.15. The zero-order valence-corrected chi connectivity index (χ0v) is 30.0. The molecule has 2 aromatic carbocycles. The monoisotopic (exact) mass is 717 g/mol. The third-order valence-corrected chi connectivity index (χ3v) is 8.10. The number of nitrogens with zero attached hydrogens (tertiary/aromatic N) is 5. The standard InChI is InChI=1S/C38H51N7O7/c1-45-35(43-44-37(45)34-17-18-39-29-42-34)28-40-32-11-9-10-31(26-32)38(48)41-27-30-13-15-33(16-14-30)52-21-8-3-2-6-19-49-22-24-51-25-23-50-20-7-4-5-12-36(46)47/h9-11,13-18,26,29,40H,2-8,12,19-25,27-28H2,1H3,(H,41,48)(H,46,47). The molecule has 14 heteroatoms. The number of anilines is 1. The molecule has 52 heavy (non-hydrogen) atoms. The van der Waals surface area contributed by atoms with Crippen LogP contribution in [0.3, 0.4) is 0 Å². The molecule has 0 atom stereocenters. The SMILES string of the molecule is Cn1c(CNc2cccc(C(=O)NCc3ccc(OCCCCCCOCCOCCOCCCCCC(=O)O)cc3)c2)nnc1-c1ccncn1. The van der Waals surface area contributed by atoms with Crippen molar-refractivity contribution in [2.45, 2.75) is 64.5 Å². The number of ether oxygens (including phenoxy) is 4. The Morgan fingerprint density at radius 1 is 0.769 bits per heavy atom. The van der Waals surface area contributed by atoms with Crippen molar-refractivity contribution < 1.29 is 33.6 Å². The molecule has 0 aliphatic carbocycles. The molecular weight excluding hydrogens is 666 g/mol. The van der Waals surface area contributed by atoms with Crippen molar-refractivity contribution in [2.24, 2.45) is 7.05 Å². The fraction of sp³-hybridized carbons (Fsp3) is 0.474. The second kappa shape index (κ2) is 23.5. The summed E-state index contributed by atoms with van der Waals surface area (Å²) in [4.78, 5) is 31.5. The van der Waals surface area contributed by atoms with Crippen LogP contribution >= 0.6 is 0 Å². The number of hydrogen-bond donors (Lipinski definition) is 3. The van der Waals surface area contributed by atoms with Gasteiger partial charge in [0.2, 0.25) is 0 Å². The van der Waals surface area contributed by atoms with E-state index in [0.29, 0.717) is 82.8 Å². The molecule has 4 aromatic rings. The summed E-state index contributed by atoms with van der Waals surface area (Å²) < 4.78 is 24.4. The first-order valence-corrected chi connectivity index (χ1v) is 17.9. The number of nitrogens with one attached hydrogen (secondary N) is 2. The van der Waals surface area contributed by atoms with Gasteiger partial charge < -0.3 is 39.3 Å². The van der Waals surface area contributed by atoms with Crippen LogP contribution in [-0.4, -0.2) is 88.0 Å². The van der Waals surface area contributed by atoms with Crippen molar-refractivity contribution in [3.05, 3.63) is 84.1 Å². The number of hydrogen-bond acceptors (Lipinski definition) is 11. The Kier molecular flexibility index (Phi) is 18.0. The Morgan fingerprint density at radius 2 is 1.46 bits per heavy atom. The maximum atomic E-state index is 12.9. The van der Waals surface area contributed by atoms with Crippen LogP contribution in [0.15, 0.2) is 67.1 Å². The number of carboxylic acids is 1. The Balaban J connectivity index is 0.994. The summed E-state index contributed by atoms with van der Waals surface area (Å²) >= 11 is 0. The van der Waals surface area contributed by atoms with E-state index in [0.717, 1.165) is 61.3 Å². The lowest BCUT2D eigenvalue weighted by molar-refractivity contribution is -0.137. The summed E-state index contributed by atoms with van der Waals surface area (Å²) in [6, 6.07) is 16.9. The Morgan fingerprint density at radius 3 is 2.15 bits per heavy atom. The molecule has 2 aromatic heterocycles. The first-order chi connectivity index (χ1) is 25.5. The largest absolute Gasteiger partial charge is 0.494 e. The Labute approximate surface area is 305 Å². The van der Waals surface area contributed by atoms with Gasteiger partial charge >= 0.3 is 5.97 Å². The number of aliphatic carboxylic acids is 1. The number of unbranched alkanes of at least 4 members (excludes halogenated alkanes) is 5. The van der Waals surface area contributed by atoms with E-state index in [2.05, 4.69) is 30.8 Å². The van der Waals surface area contributed by atoms with Crippen molar-refractivity contribution in [1.82, 2.24) is 30.0 Å². The minimum Gasteiger partial charge on any atom is -0.494 e. The minimum absolute atomic E-state index is 0.159. The highest BCUT2D eigenvalue weighted by Gasteiger charge is 2.12. The van der Waals surface area contributed by atoms with Gasteiger partial charge in [-0.3, -0.25) is 9.59 Å². The molecular formula is C38H51N7O7. The van der Waals surface area contributed by atoms with Crippen LogP contribution in [0.4, 0.5) is 5.69 Å². The summed E-state index contributed by atoms with van der Waals surface area (Å²) in [5.41, 5.74) is 3.04. The molecule has 280 valence electrons. The molecule has 0 unspecified atom stereocenters. The number of carbonyl (C=O) groups excluding carboxylic acids is 1. The topological polar surface area (TPSA) is 172 Å². The fourth-order valence-electron chi connectivity index (χ4n) is 5.15. The number of carboxylic acid groups (broad SMARTS) is 1. The van der Waals surface area contributed by atoms with E-state index in [1.807, 2.05) is 54.1 Å². The second-order valence-corrected chi connectivity index (χ2v) is 12.2. The minimum atomic E-state index is -0.746. The lowest BCUT2D eigenvalue weighted by Crippen LogP contribution is -2.22. The van der Waals surface area contributed by atoms with E-state index in [1.54, 1.807) is 18.3 Å². The molecule has 0 bridgehead atoms. The van der Waals surface area contributed by atoms with Crippen molar-refractivity contribution in [2.75, 3.05) is 51.6 Å². The highest BCUT2D eigenvalue weighted by molar-refractivity contribution is 5.95. The van der Waals surface area contributed by atoms with Gasteiger partial charge in [-0.1, -0.05) is 31.0 Å². The third kappa shape index (κ3) is 15.1. The van der Waals surface area contributed by atoms with Crippen molar-refractivity contribution in [3.63, 3.8) is 0 Å². The molecule has 0 saturated carbocycles. The molecule has 0 radical (unpaired) electrons. The van der Waals surface area contributed by atoms with Gasteiger partial charge in [-0.05, 0) is 74.1 Å². The zero-order chi connectivity index (χ0) is 36.6. The molecule has 0 aliphatic heterocycles. The van der Waals surface area contributed by atoms with Gasteiger partial charge in [-0.25, -0.2) is 9.97 Å². The van der Waals surface area contributed by atoms with Crippen LogP contribution in [0.25, 0.3) is 11.5 Å². The van der Waals surface area contributed by atoms with Gasteiger partial charge in [0.25, 0.3) is 5.91 Å². The Bertz CT molecular complexity index is 1600. The van der Waals surface area contributed by atoms with Gasteiger partial charge in [0.05, 0.1) is 39.6 Å². The van der Waals surface area contributed by atoms with Gasteiger partial charge in [0, 0.05) is 50.7 Å². The van der Waals surface area contributed by atoms with Crippen molar-refractivity contribution in [1.29, 1.82) is 0 Å². The van der Waals surface area contributed by atoms with Crippen LogP contribution in [0.1, 0.15) is 73.1 Å². The molecule has 0 spiro atoms. The molecule has 3 N–H and O–H groups in total. The quantitative estimate of drug-likeness (QED) is 0.0668. The maximum Gasteiger partial charge on any atom is 0.303 e. The number of amides is 1. The number of rotatable bonds is 27. The highest BCUT2D eigenvalue weighted by Crippen LogP contribution is 2.17. The summed E-state index contributed by atoms with van der Waals surface area (Å²) in [5, 5.41) is 23.4. The second-order valence-electron chi connectivity index (χ2n) is 12.2. The normalized spacial score (nSPS) is 11.0. The summed E-state index contributed by atoms with van der Waals surface area (Å²) in [5.74, 6) is 1.29. The van der Waals surface area contributed by atoms with E-state index in [1.165, 1.54) is 6.33 Å². The van der Waals surface area contributed by atoms with E-state index in [4.69, 9.17) is 24.1 Å². The lowest BCUT2D eigenvalue weighted by atomic mass is 10.1. The summed E-state index contributed by atoms with van der Waals surface area (Å²) in [6.45, 7) is 5.04. The predicted molar refractivity (Wildman–Crippen MR) is 196 cm³/mol. The van der Waals surface area contributed by atoms with Crippen LogP contribution < -0.4 is 15.4 Å². The average Bonchev–Trinajstić information content (AvgIpc) is 3.54. The van der Waals surface area contributed by atoms with Crippen LogP contribution in [-0.2, 0) is 39.1 Å². The lowest BCUT2D eigenvalue weighted by Gasteiger charge is -2.10. The van der Waals surface area contributed by atoms with Gasteiger partial charge in [-0.15, -0.1) is 10.2 Å². The number of aromatic nitrogens is 5. The Hall–Kier alpha value is -4.92. The molecule has 0 fully saturated rings. The van der Waals surface area contributed by atoms with E-state index in [9.17, 15) is 9.59 Å².